The molecule has 0 spiro atoms. The maximum atomic E-state index is 12.7. The predicted molar refractivity (Wildman–Crippen MR) is 68.2 cm³/mol. The Morgan fingerprint density at radius 3 is 2.40 bits per heavy atom. The summed E-state index contributed by atoms with van der Waals surface area (Å²) in [5, 5.41) is 11.7. The van der Waals surface area contributed by atoms with Crippen LogP contribution < -0.4 is 5.32 Å². The van der Waals surface area contributed by atoms with Crippen molar-refractivity contribution >= 4 is 5.97 Å². The van der Waals surface area contributed by atoms with Crippen LogP contribution >= 0.6 is 0 Å². The van der Waals surface area contributed by atoms with Gasteiger partial charge < -0.3 is 10.4 Å². The van der Waals surface area contributed by atoms with Crippen LogP contribution in [-0.2, 0) is 4.79 Å². The second-order valence-electron chi connectivity index (χ2n) is 7.19. The van der Waals surface area contributed by atoms with Crippen LogP contribution in [0.5, 0.6) is 0 Å². The summed E-state index contributed by atoms with van der Waals surface area (Å²) in [6.45, 7) is 5.70. The fourth-order valence-electron chi connectivity index (χ4n) is 4.39. The lowest BCUT2D eigenvalue weighted by Crippen LogP contribution is -2.53. The van der Waals surface area contributed by atoms with Crippen molar-refractivity contribution in [3.63, 3.8) is 0 Å². The normalized spacial score (nSPS) is 37.1. The van der Waals surface area contributed by atoms with Gasteiger partial charge in [0.2, 0.25) is 0 Å². The molecule has 0 aromatic carbocycles. The first kappa shape index (κ1) is 15.6. The highest BCUT2D eigenvalue weighted by atomic mass is 19.4. The summed E-state index contributed by atoms with van der Waals surface area (Å²) in [6.07, 6.45) is -1.57. The maximum absolute atomic E-state index is 12.7. The standard InChI is InChI=1S/C14H22F3NO2/c1-12(2)8-4-5-13(3,6-8)11(12)18-7-9(10(19)20)14(15,16)17/h8-9,11,18H,4-7H2,1-3H3,(H,19,20). The number of aliphatic carboxylic acids is 1. The predicted octanol–water partition coefficient (Wildman–Crippen LogP) is 3.05. The molecule has 4 atom stereocenters. The highest BCUT2D eigenvalue weighted by Gasteiger charge is 2.59. The molecule has 116 valence electrons. The van der Waals surface area contributed by atoms with Crippen molar-refractivity contribution in [1.29, 1.82) is 0 Å². The number of carboxylic acid groups (broad SMARTS) is 1. The van der Waals surface area contributed by atoms with E-state index in [1.54, 1.807) is 0 Å². The number of hydrogen-bond acceptors (Lipinski definition) is 2. The van der Waals surface area contributed by atoms with E-state index in [4.69, 9.17) is 5.11 Å². The van der Waals surface area contributed by atoms with Gasteiger partial charge in [-0.1, -0.05) is 20.8 Å². The number of carboxylic acids is 1. The number of nitrogens with one attached hydrogen (secondary N) is 1. The van der Waals surface area contributed by atoms with Crippen LogP contribution in [0.1, 0.15) is 40.0 Å². The van der Waals surface area contributed by atoms with Crippen molar-refractivity contribution in [2.45, 2.75) is 52.3 Å². The third-order valence-electron chi connectivity index (χ3n) is 5.49. The molecule has 0 amide bonds. The molecule has 6 heteroatoms. The van der Waals surface area contributed by atoms with Gasteiger partial charge in [0.05, 0.1) is 0 Å². The Bertz CT molecular complexity index is 403. The SMILES string of the molecule is CC12CCC(C1)C(C)(C)C2NCC(C(=O)O)C(F)(F)F. The Kier molecular flexibility index (Phi) is 3.60. The molecular weight excluding hydrogens is 271 g/mol. The lowest BCUT2D eigenvalue weighted by atomic mass is 9.68. The molecule has 0 aliphatic heterocycles. The smallest absolute Gasteiger partial charge is 0.403 e. The third-order valence-corrected chi connectivity index (χ3v) is 5.49. The number of alkyl halides is 3. The van der Waals surface area contributed by atoms with Gasteiger partial charge in [-0.05, 0) is 36.0 Å². The topological polar surface area (TPSA) is 49.3 Å². The summed E-state index contributed by atoms with van der Waals surface area (Å²) in [6, 6.07) is -0.0575. The molecule has 3 nitrogen and oxygen atoms in total. The van der Waals surface area contributed by atoms with Gasteiger partial charge in [-0.25, -0.2) is 0 Å². The van der Waals surface area contributed by atoms with E-state index in [0.29, 0.717) is 5.92 Å². The average Bonchev–Trinajstić information content (AvgIpc) is 2.71. The minimum Gasteiger partial charge on any atom is -0.481 e. The molecule has 0 aromatic rings. The molecule has 0 saturated heterocycles. The summed E-state index contributed by atoms with van der Waals surface area (Å²) in [7, 11) is 0. The van der Waals surface area contributed by atoms with Crippen LogP contribution in [0, 0.1) is 22.7 Å². The highest BCUT2D eigenvalue weighted by molar-refractivity contribution is 5.71. The molecule has 0 radical (unpaired) electrons. The monoisotopic (exact) mass is 293 g/mol. The van der Waals surface area contributed by atoms with E-state index in [2.05, 4.69) is 26.1 Å². The fraction of sp³-hybridized carbons (Fsp3) is 0.929. The Morgan fingerprint density at radius 2 is 2.00 bits per heavy atom. The largest absolute Gasteiger partial charge is 0.481 e. The van der Waals surface area contributed by atoms with Crippen molar-refractivity contribution in [2.75, 3.05) is 6.54 Å². The minimum absolute atomic E-state index is 0.0111. The second kappa shape index (κ2) is 4.61. The summed E-state index contributed by atoms with van der Waals surface area (Å²) >= 11 is 0. The zero-order valence-corrected chi connectivity index (χ0v) is 12.0. The zero-order valence-electron chi connectivity index (χ0n) is 12.0. The van der Waals surface area contributed by atoms with Gasteiger partial charge in [0.15, 0.2) is 5.92 Å². The minimum atomic E-state index is -4.71. The second-order valence-corrected chi connectivity index (χ2v) is 7.19. The summed E-state index contributed by atoms with van der Waals surface area (Å²) in [4.78, 5) is 10.8. The van der Waals surface area contributed by atoms with E-state index in [-0.39, 0.29) is 16.9 Å². The molecule has 2 saturated carbocycles. The van der Waals surface area contributed by atoms with Crippen LogP contribution in [0.2, 0.25) is 0 Å². The maximum Gasteiger partial charge on any atom is 0.403 e. The van der Waals surface area contributed by atoms with Crippen LogP contribution in [0.15, 0.2) is 0 Å². The van der Waals surface area contributed by atoms with Gasteiger partial charge in [-0.15, -0.1) is 0 Å². The first-order valence-electron chi connectivity index (χ1n) is 7.01. The fourth-order valence-corrected chi connectivity index (χ4v) is 4.39. The molecular formula is C14H22F3NO2. The van der Waals surface area contributed by atoms with E-state index in [9.17, 15) is 18.0 Å². The first-order chi connectivity index (χ1) is 8.98. The third kappa shape index (κ3) is 2.43. The van der Waals surface area contributed by atoms with Crippen LogP contribution in [-0.4, -0.2) is 29.8 Å². The quantitative estimate of drug-likeness (QED) is 0.837. The van der Waals surface area contributed by atoms with E-state index in [0.717, 1.165) is 19.3 Å². The highest BCUT2D eigenvalue weighted by Crippen LogP contribution is 2.62. The first-order valence-corrected chi connectivity index (χ1v) is 7.01. The van der Waals surface area contributed by atoms with Crippen molar-refractivity contribution in [2.24, 2.45) is 22.7 Å². The molecule has 2 fully saturated rings. The molecule has 2 N–H and O–H groups in total. The van der Waals surface area contributed by atoms with E-state index in [1.165, 1.54) is 0 Å². The van der Waals surface area contributed by atoms with Crippen molar-refractivity contribution in [3.05, 3.63) is 0 Å². The summed E-state index contributed by atoms with van der Waals surface area (Å²) < 4.78 is 38.1. The Hall–Kier alpha value is -0.780. The Balaban J connectivity index is 2.08. The number of halogens is 3. The van der Waals surface area contributed by atoms with Gasteiger partial charge in [-0.3, -0.25) is 4.79 Å². The van der Waals surface area contributed by atoms with E-state index < -0.39 is 24.6 Å². The van der Waals surface area contributed by atoms with Crippen LogP contribution in [0.4, 0.5) is 13.2 Å². The Labute approximate surface area is 116 Å². The van der Waals surface area contributed by atoms with Crippen molar-refractivity contribution in [3.8, 4) is 0 Å². The lowest BCUT2D eigenvalue weighted by molar-refractivity contribution is -0.193. The van der Waals surface area contributed by atoms with E-state index in [1.807, 2.05) is 0 Å². The van der Waals surface area contributed by atoms with Gasteiger partial charge in [-0.2, -0.15) is 13.2 Å². The van der Waals surface area contributed by atoms with Gasteiger partial charge >= 0.3 is 12.1 Å². The number of hydrogen-bond donors (Lipinski definition) is 2. The molecule has 2 rings (SSSR count). The molecule has 2 aliphatic carbocycles. The number of rotatable bonds is 4. The zero-order chi connectivity index (χ0) is 15.3. The molecule has 2 bridgehead atoms. The average molecular weight is 293 g/mol. The Morgan fingerprint density at radius 1 is 1.40 bits per heavy atom. The number of fused-ring (bicyclic) bond motifs is 2. The number of carbonyl (C=O) groups is 1. The van der Waals surface area contributed by atoms with Gasteiger partial charge in [0, 0.05) is 12.6 Å². The van der Waals surface area contributed by atoms with Gasteiger partial charge in [0.1, 0.15) is 0 Å². The summed E-state index contributed by atoms with van der Waals surface area (Å²) in [5.41, 5.74) is -0.0928. The molecule has 0 heterocycles. The summed E-state index contributed by atoms with van der Waals surface area (Å²) in [5.74, 6) is -3.63. The molecule has 0 aromatic heterocycles. The van der Waals surface area contributed by atoms with Crippen LogP contribution in [0.3, 0.4) is 0 Å². The molecule has 4 unspecified atom stereocenters. The lowest BCUT2D eigenvalue weighted by Gasteiger charge is -2.43. The molecule has 20 heavy (non-hydrogen) atoms. The van der Waals surface area contributed by atoms with Crippen molar-refractivity contribution < 1.29 is 23.1 Å². The van der Waals surface area contributed by atoms with Gasteiger partial charge in [0.25, 0.3) is 0 Å². The molecule has 2 aliphatic rings. The van der Waals surface area contributed by atoms with E-state index >= 15 is 0 Å². The van der Waals surface area contributed by atoms with Crippen LogP contribution in [0.25, 0.3) is 0 Å². The van der Waals surface area contributed by atoms with Crippen molar-refractivity contribution in [1.82, 2.24) is 5.32 Å².